The highest BCUT2D eigenvalue weighted by Crippen LogP contribution is 2.44. The quantitative estimate of drug-likeness (QED) is 0.115. The first-order valence-corrected chi connectivity index (χ1v) is 25.4. The molecule has 11 aromatic carbocycles. The third-order valence-electron chi connectivity index (χ3n) is 14.4. The molecule has 2 aromatic heterocycles. The molecule has 0 radical (unpaired) electrons. The molecule has 13 rings (SSSR count). The first kappa shape index (κ1) is 44.8. The summed E-state index contributed by atoms with van der Waals surface area (Å²) in [5.74, 6) is 0. The Kier molecular flexibility index (Phi) is 11.4. The van der Waals surface area contributed by atoms with Crippen molar-refractivity contribution in [1.82, 2.24) is 9.13 Å². The monoisotopic (exact) mass is 961 g/mol. The van der Waals surface area contributed by atoms with Crippen molar-refractivity contribution in [3.8, 4) is 11.4 Å². The van der Waals surface area contributed by atoms with E-state index in [4.69, 9.17) is 0 Å². The lowest BCUT2D eigenvalue weighted by atomic mass is 10.1. The summed E-state index contributed by atoms with van der Waals surface area (Å²) in [6.07, 6.45) is 3.77. The van der Waals surface area contributed by atoms with E-state index in [1.807, 2.05) is 12.2 Å². The number of hydrogen-bond donors (Lipinski definition) is 0. The van der Waals surface area contributed by atoms with Crippen LogP contribution >= 0.6 is 0 Å². The molecule has 0 saturated carbocycles. The van der Waals surface area contributed by atoms with Gasteiger partial charge >= 0.3 is 0 Å². The smallest absolute Gasteiger partial charge is 0.0542 e. The van der Waals surface area contributed by atoms with Crippen LogP contribution in [0.3, 0.4) is 0 Å². The van der Waals surface area contributed by atoms with E-state index in [0.29, 0.717) is 0 Å². The van der Waals surface area contributed by atoms with Crippen molar-refractivity contribution in [1.29, 1.82) is 0 Å². The van der Waals surface area contributed by atoms with Gasteiger partial charge in [-0.25, -0.2) is 0 Å². The van der Waals surface area contributed by atoms with E-state index in [-0.39, 0.29) is 0 Å². The van der Waals surface area contributed by atoms with Crippen molar-refractivity contribution in [2.45, 2.75) is 0 Å². The van der Waals surface area contributed by atoms with Gasteiger partial charge in [0.25, 0.3) is 0 Å². The summed E-state index contributed by atoms with van der Waals surface area (Å²) < 4.78 is 4.72. The van der Waals surface area contributed by atoms with Gasteiger partial charge in [-0.1, -0.05) is 141 Å². The fourth-order valence-electron chi connectivity index (χ4n) is 10.8. The Morgan fingerprint density at radius 2 is 0.507 bits per heavy atom. The Morgan fingerprint density at radius 1 is 0.240 bits per heavy atom. The number of hydrogen-bond acceptors (Lipinski definition) is 3. The largest absolute Gasteiger partial charge is 0.311 e. The second kappa shape index (κ2) is 19.1. The summed E-state index contributed by atoms with van der Waals surface area (Å²) in [5.41, 5.74) is 18.7. The van der Waals surface area contributed by atoms with Gasteiger partial charge in [0, 0.05) is 84.1 Å². The minimum absolute atomic E-state index is 1.05. The van der Waals surface area contributed by atoms with Crippen LogP contribution in [0.25, 0.3) is 67.1 Å². The molecule has 13 aromatic rings. The van der Waals surface area contributed by atoms with E-state index < -0.39 is 0 Å². The van der Waals surface area contributed by atoms with Crippen molar-refractivity contribution in [2.75, 3.05) is 14.7 Å². The lowest BCUT2D eigenvalue weighted by Crippen LogP contribution is -2.13. The molecule has 0 aliphatic heterocycles. The van der Waals surface area contributed by atoms with Gasteiger partial charge in [-0.15, -0.1) is 0 Å². The molecule has 0 fully saturated rings. The lowest BCUT2D eigenvalue weighted by Gasteiger charge is -2.29. The minimum Gasteiger partial charge on any atom is -0.311 e. The molecule has 2 heterocycles. The third-order valence-corrected chi connectivity index (χ3v) is 14.4. The number of aromatic nitrogens is 2. The first-order valence-electron chi connectivity index (χ1n) is 25.4. The van der Waals surface area contributed by atoms with Crippen molar-refractivity contribution in [3.63, 3.8) is 0 Å². The van der Waals surface area contributed by atoms with E-state index in [0.717, 1.165) is 84.7 Å². The number of benzene rings is 11. The molecule has 0 bridgehead atoms. The van der Waals surface area contributed by atoms with Crippen LogP contribution in [0, 0.1) is 0 Å². The maximum atomic E-state index is 3.97. The molecular formula is C70H51N5. The Labute approximate surface area is 437 Å². The van der Waals surface area contributed by atoms with E-state index in [1.54, 1.807) is 0 Å². The zero-order chi connectivity index (χ0) is 50.2. The van der Waals surface area contributed by atoms with Crippen LogP contribution in [0.5, 0.6) is 0 Å². The van der Waals surface area contributed by atoms with Gasteiger partial charge in [0.2, 0.25) is 0 Å². The van der Waals surface area contributed by atoms with Crippen molar-refractivity contribution in [3.05, 3.63) is 297 Å². The normalized spacial score (nSPS) is 11.3. The van der Waals surface area contributed by atoms with Gasteiger partial charge in [-0.2, -0.15) is 0 Å². The van der Waals surface area contributed by atoms with Crippen LogP contribution in [0.4, 0.5) is 51.2 Å². The van der Waals surface area contributed by atoms with Gasteiger partial charge in [-0.3, -0.25) is 0 Å². The molecule has 0 saturated heterocycles. The van der Waals surface area contributed by atoms with E-state index >= 15 is 0 Å². The third kappa shape index (κ3) is 8.10. The molecule has 5 heteroatoms. The average Bonchev–Trinajstić information content (AvgIpc) is 4.01. The van der Waals surface area contributed by atoms with Crippen molar-refractivity contribution >= 4 is 107 Å². The zero-order valence-electron chi connectivity index (χ0n) is 41.3. The highest BCUT2D eigenvalue weighted by molar-refractivity contribution is 6.12. The fraction of sp³-hybridized carbons (Fsp3) is 0. The van der Waals surface area contributed by atoms with Crippen LogP contribution in [0.1, 0.15) is 11.1 Å². The highest BCUT2D eigenvalue weighted by atomic mass is 15.2. The molecule has 5 nitrogen and oxygen atoms in total. The summed E-state index contributed by atoms with van der Waals surface area (Å²) in [5, 5.41) is 4.80. The molecule has 0 spiro atoms. The second-order valence-electron chi connectivity index (χ2n) is 18.7. The number of nitrogens with zero attached hydrogens (tertiary/aromatic N) is 5. The molecule has 75 heavy (non-hydrogen) atoms. The molecule has 0 atom stereocenters. The Morgan fingerprint density at radius 3 is 0.840 bits per heavy atom. The number of anilines is 9. The maximum absolute atomic E-state index is 3.97. The summed E-state index contributed by atoms with van der Waals surface area (Å²) in [6.45, 7) is 7.94. The predicted octanol–water partition coefficient (Wildman–Crippen LogP) is 19.6. The minimum atomic E-state index is 1.05. The van der Waals surface area contributed by atoms with Crippen LogP contribution in [0.15, 0.2) is 286 Å². The standard InChI is InChI=1S/C70H51N5/c1-3-50-28-32-59(33-29-50)74-67-26-16-14-24-63(67)65-48-61(44-46-69(65)74)72(53-20-10-6-11-21-53)57-40-36-55(37-41-57)71(52-18-8-5-9-19-52)56-38-42-58(43-39-56)73(54-22-12-7-13-23-54)62-45-47-70-66(49-62)64-25-15-17-27-68(64)75(70)60-34-30-51(4-2)31-35-60/h3-49H,1-2H2. The molecule has 0 aliphatic rings. The summed E-state index contributed by atoms with van der Waals surface area (Å²) >= 11 is 0. The van der Waals surface area contributed by atoms with E-state index in [9.17, 15) is 0 Å². The average molecular weight is 962 g/mol. The van der Waals surface area contributed by atoms with E-state index in [1.165, 1.54) is 32.6 Å². The van der Waals surface area contributed by atoms with Gasteiger partial charge in [0.1, 0.15) is 0 Å². The SMILES string of the molecule is C=Cc1ccc(-n2c3ccccc3c3cc(N(c4ccccc4)c4ccc(N(c5ccccc5)c5ccc(N(c6ccccc6)c6ccc7c(c6)c6ccccc6n7-c6ccc(C=C)cc6)cc5)cc4)ccc32)cc1. The molecule has 0 amide bonds. The highest BCUT2D eigenvalue weighted by Gasteiger charge is 2.21. The van der Waals surface area contributed by atoms with Crippen LogP contribution in [-0.4, -0.2) is 9.13 Å². The number of rotatable bonds is 13. The maximum Gasteiger partial charge on any atom is 0.0542 e. The predicted molar refractivity (Wildman–Crippen MR) is 319 cm³/mol. The van der Waals surface area contributed by atoms with Gasteiger partial charge in [0.15, 0.2) is 0 Å². The number of para-hydroxylation sites is 5. The van der Waals surface area contributed by atoms with Crippen molar-refractivity contribution < 1.29 is 0 Å². The van der Waals surface area contributed by atoms with Crippen LogP contribution in [0.2, 0.25) is 0 Å². The molecule has 356 valence electrons. The van der Waals surface area contributed by atoms with Crippen molar-refractivity contribution in [2.24, 2.45) is 0 Å². The van der Waals surface area contributed by atoms with Crippen LogP contribution in [-0.2, 0) is 0 Å². The molecule has 0 N–H and O–H groups in total. The second-order valence-corrected chi connectivity index (χ2v) is 18.7. The number of fused-ring (bicyclic) bond motifs is 6. The van der Waals surface area contributed by atoms with Gasteiger partial charge in [-0.05, 0) is 169 Å². The van der Waals surface area contributed by atoms with Gasteiger partial charge in [0.05, 0.1) is 22.1 Å². The Balaban J connectivity index is 0.875. The summed E-state index contributed by atoms with van der Waals surface area (Å²) in [4.78, 5) is 7.03. The molecular weight excluding hydrogens is 911 g/mol. The first-order chi connectivity index (χ1) is 37.1. The fourth-order valence-corrected chi connectivity index (χ4v) is 10.8. The zero-order valence-corrected chi connectivity index (χ0v) is 41.3. The summed E-state index contributed by atoms with van der Waals surface area (Å²) in [6, 6.07) is 98.1. The summed E-state index contributed by atoms with van der Waals surface area (Å²) in [7, 11) is 0. The lowest BCUT2D eigenvalue weighted by molar-refractivity contribution is 1.18. The topological polar surface area (TPSA) is 19.6 Å². The van der Waals surface area contributed by atoms with Gasteiger partial charge < -0.3 is 23.8 Å². The van der Waals surface area contributed by atoms with E-state index in [2.05, 4.69) is 310 Å². The van der Waals surface area contributed by atoms with Crippen LogP contribution < -0.4 is 14.7 Å². The molecule has 0 aliphatic carbocycles. The Bertz CT molecular complexity index is 3920. The molecule has 0 unspecified atom stereocenters. The Hall–Kier alpha value is -10.1.